The van der Waals surface area contributed by atoms with Crippen molar-refractivity contribution < 1.29 is 14.4 Å². The summed E-state index contributed by atoms with van der Waals surface area (Å²) in [7, 11) is 0. The molecule has 1 aliphatic carbocycles. The number of aromatic nitrogens is 1. The molecule has 0 spiro atoms. The quantitative estimate of drug-likeness (QED) is 0.513. The number of hydrogen-bond acceptors (Lipinski definition) is 7. The average molecular weight is 311 g/mol. The fraction of sp³-hybridized carbons (Fsp3) is 0.643. The minimum absolute atomic E-state index is 0.0501. The molecule has 21 heavy (non-hydrogen) atoms. The van der Waals surface area contributed by atoms with E-state index in [2.05, 4.69) is 17.1 Å². The van der Waals surface area contributed by atoms with Crippen LogP contribution in [0, 0.1) is 5.92 Å². The molecule has 116 valence electrons. The van der Waals surface area contributed by atoms with Crippen molar-refractivity contribution in [2.24, 2.45) is 11.1 Å². The van der Waals surface area contributed by atoms with Crippen LogP contribution in [0.5, 0.6) is 0 Å². The molecular weight excluding hydrogens is 290 g/mol. The summed E-state index contributed by atoms with van der Waals surface area (Å²) < 4.78 is 5.00. The zero-order valence-electron chi connectivity index (χ0n) is 12.4. The van der Waals surface area contributed by atoms with Crippen LogP contribution in [0.2, 0.25) is 0 Å². The zero-order valence-corrected chi connectivity index (χ0v) is 13.2. The Kier molecular flexibility index (Phi) is 5.55. The first-order valence-electron chi connectivity index (χ1n) is 7.22. The predicted octanol–water partition coefficient (Wildman–Crippen LogP) is 2.59. The van der Waals surface area contributed by atoms with Crippen LogP contribution in [0.15, 0.2) is 10.5 Å². The second-order valence-electron chi connectivity index (χ2n) is 5.23. The van der Waals surface area contributed by atoms with E-state index in [-0.39, 0.29) is 18.4 Å². The number of carbonyl (C=O) groups excluding carboxylic acids is 1. The summed E-state index contributed by atoms with van der Waals surface area (Å²) in [6, 6.07) is 0. The first kappa shape index (κ1) is 15.8. The first-order chi connectivity index (χ1) is 10.1. The summed E-state index contributed by atoms with van der Waals surface area (Å²) in [5.41, 5.74) is 6.10. The van der Waals surface area contributed by atoms with Crippen molar-refractivity contribution in [3.63, 3.8) is 0 Å². The molecule has 1 heterocycles. The second kappa shape index (κ2) is 7.40. The Balaban J connectivity index is 2.10. The van der Waals surface area contributed by atoms with E-state index < -0.39 is 5.97 Å². The molecule has 0 unspecified atom stereocenters. The lowest BCUT2D eigenvalue weighted by molar-refractivity contribution is -0.135. The van der Waals surface area contributed by atoms with Crippen LogP contribution in [0.25, 0.3) is 0 Å². The van der Waals surface area contributed by atoms with Gasteiger partial charge in [0.2, 0.25) is 5.71 Å². The molecule has 1 saturated carbocycles. The summed E-state index contributed by atoms with van der Waals surface area (Å²) in [5, 5.41) is 6.08. The van der Waals surface area contributed by atoms with Gasteiger partial charge in [0.25, 0.3) is 0 Å². The Hall–Kier alpha value is -1.63. The van der Waals surface area contributed by atoms with E-state index in [0.29, 0.717) is 16.7 Å². The van der Waals surface area contributed by atoms with Crippen LogP contribution in [0.1, 0.15) is 45.2 Å². The molecule has 2 rings (SSSR count). The van der Waals surface area contributed by atoms with Crippen LogP contribution in [0.4, 0.5) is 5.13 Å². The number of nitrogens with zero attached hydrogens (tertiary/aromatic N) is 2. The van der Waals surface area contributed by atoms with Gasteiger partial charge in [0.15, 0.2) is 5.13 Å². The van der Waals surface area contributed by atoms with Gasteiger partial charge in [-0.1, -0.05) is 18.5 Å². The van der Waals surface area contributed by atoms with E-state index in [1.165, 1.54) is 17.8 Å². The molecular formula is C14H21N3O3S. The number of esters is 1. The molecule has 1 aromatic heterocycles. The highest BCUT2D eigenvalue weighted by atomic mass is 32.1. The molecule has 0 amide bonds. The van der Waals surface area contributed by atoms with E-state index >= 15 is 0 Å². The minimum Gasteiger partial charge on any atom is -0.461 e. The van der Waals surface area contributed by atoms with Crippen molar-refractivity contribution in [2.45, 2.75) is 45.6 Å². The third-order valence-corrected chi connectivity index (χ3v) is 4.09. The lowest BCUT2D eigenvalue weighted by Gasteiger charge is -2.24. The number of carbonyl (C=O) groups is 1. The molecule has 7 heteroatoms. The van der Waals surface area contributed by atoms with Gasteiger partial charge in [-0.3, -0.25) is 0 Å². The van der Waals surface area contributed by atoms with Crippen LogP contribution >= 0.6 is 11.3 Å². The van der Waals surface area contributed by atoms with Crippen molar-refractivity contribution in [1.82, 2.24) is 4.98 Å². The summed E-state index contributed by atoms with van der Waals surface area (Å²) >= 11 is 1.25. The van der Waals surface area contributed by atoms with Gasteiger partial charge < -0.3 is 15.3 Å². The molecule has 0 radical (unpaired) electrons. The summed E-state index contributed by atoms with van der Waals surface area (Å²) in [5.74, 6) is 0.0894. The fourth-order valence-corrected chi connectivity index (χ4v) is 2.93. The van der Waals surface area contributed by atoms with Crippen LogP contribution in [-0.4, -0.2) is 29.4 Å². The van der Waals surface area contributed by atoms with Gasteiger partial charge in [-0.25, -0.2) is 9.78 Å². The molecule has 0 saturated heterocycles. The van der Waals surface area contributed by atoms with Crippen LogP contribution < -0.4 is 5.73 Å². The lowest BCUT2D eigenvalue weighted by atomic mass is 9.89. The van der Waals surface area contributed by atoms with Gasteiger partial charge in [0, 0.05) is 5.38 Å². The van der Waals surface area contributed by atoms with Gasteiger partial charge in [0.1, 0.15) is 11.8 Å². The Bertz CT molecular complexity index is 515. The molecule has 6 nitrogen and oxygen atoms in total. The van der Waals surface area contributed by atoms with Gasteiger partial charge in [-0.05, 0) is 32.1 Å². The van der Waals surface area contributed by atoms with Crippen molar-refractivity contribution >= 4 is 28.1 Å². The van der Waals surface area contributed by atoms with Crippen molar-refractivity contribution in [3.8, 4) is 0 Å². The van der Waals surface area contributed by atoms with E-state index in [0.717, 1.165) is 19.3 Å². The van der Waals surface area contributed by atoms with Crippen molar-refractivity contribution in [3.05, 3.63) is 11.1 Å². The first-order valence-corrected chi connectivity index (χ1v) is 8.10. The molecule has 2 N–H and O–H groups in total. The SMILES string of the molecule is CCOC(=O)/C(=N\O[C@H]1CCC[C@H](C)C1)c1csc(N)n1. The molecule has 2 atom stereocenters. The smallest absolute Gasteiger partial charge is 0.362 e. The molecule has 0 aliphatic heterocycles. The Morgan fingerprint density at radius 3 is 3.00 bits per heavy atom. The summed E-state index contributed by atoms with van der Waals surface area (Å²) in [6.45, 7) is 4.22. The molecule has 0 aromatic carbocycles. The average Bonchev–Trinajstić information content (AvgIpc) is 2.86. The highest BCUT2D eigenvalue weighted by Crippen LogP contribution is 2.26. The van der Waals surface area contributed by atoms with E-state index in [4.69, 9.17) is 15.3 Å². The highest BCUT2D eigenvalue weighted by Gasteiger charge is 2.23. The topological polar surface area (TPSA) is 86.8 Å². The predicted molar refractivity (Wildman–Crippen MR) is 82.2 cm³/mol. The molecule has 1 aliphatic rings. The Morgan fingerprint density at radius 2 is 2.38 bits per heavy atom. The number of ether oxygens (including phenoxy) is 1. The standard InChI is InChI=1S/C14H21N3O3S/c1-3-19-13(18)12(11-8-21-14(15)16-11)17-20-10-6-4-5-9(2)7-10/h8-10H,3-7H2,1-2H3,(H2,15,16)/b17-12-/t9-,10-/m0/s1. The number of nitrogens with two attached hydrogens (primary N) is 1. The second-order valence-corrected chi connectivity index (χ2v) is 6.12. The largest absolute Gasteiger partial charge is 0.461 e. The highest BCUT2D eigenvalue weighted by molar-refractivity contribution is 7.13. The maximum atomic E-state index is 12.0. The molecule has 1 fully saturated rings. The van der Waals surface area contributed by atoms with E-state index in [9.17, 15) is 4.79 Å². The number of rotatable bonds is 5. The zero-order chi connectivity index (χ0) is 15.2. The van der Waals surface area contributed by atoms with Crippen LogP contribution in [-0.2, 0) is 14.4 Å². The van der Waals surface area contributed by atoms with Gasteiger partial charge in [-0.15, -0.1) is 11.3 Å². The number of nitrogen functional groups attached to an aromatic ring is 1. The third kappa shape index (κ3) is 4.42. The van der Waals surface area contributed by atoms with Gasteiger partial charge >= 0.3 is 5.97 Å². The third-order valence-electron chi connectivity index (χ3n) is 3.41. The van der Waals surface area contributed by atoms with Crippen molar-refractivity contribution in [1.29, 1.82) is 0 Å². The van der Waals surface area contributed by atoms with E-state index in [1.807, 2.05) is 0 Å². The maximum absolute atomic E-state index is 12.0. The number of hydrogen-bond donors (Lipinski definition) is 1. The molecule has 1 aromatic rings. The van der Waals surface area contributed by atoms with Crippen LogP contribution in [0.3, 0.4) is 0 Å². The summed E-state index contributed by atoms with van der Waals surface area (Å²) in [4.78, 5) is 21.6. The number of thiazole rings is 1. The number of anilines is 1. The normalized spacial score (nSPS) is 22.9. The van der Waals surface area contributed by atoms with Crippen molar-refractivity contribution in [2.75, 3.05) is 12.3 Å². The summed E-state index contributed by atoms with van der Waals surface area (Å²) in [6.07, 6.45) is 4.31. The van der Waals surface area contributed by atoms with Gasteiger partial charge in [-0.2, -0.15) is 0 Å². The van der Waals surface area contributed by atoms with E-state index in [1.54, 1.807) is 12.3 Å². The Morgan fingerprint density at radius 1 is 1.57 bits per heavy atom. The molecule has 0 bridgehead atoms. The maximum Gasteiger partial charge on any atom is 0.362 e. The minimum atomic E-state index is -0.536. The fourth-order valence-electron chi connectivity index (χ4n) is 2.39. The monoisotopic (exact) mass is 311 g/mol. The Labute approximate surface area is 128 Å². The van der Waals surface area contributed by atoms with Gasteiger partial charge in [0.05, 0.1) is 6.61 Å². The number of oxime groups is 1. The lowest BCUT2D eigenvalue weighted by Crippen LogP contribution is -2.23.